The van der Waals surface area contributed by atoms with Crippen LogP contribution in [0, 0.1) is 6.92 Å². The minimum absolute atomic E-state index is 0.186. The highest BCUT2D eigenvalue weighted by atomic mass is 35.5. The number of nitrogens with zero attached hydrogens (tertiary/aromatic N) is 2. The van der Waals surface area contributed by atoms with Crippen LogP contribution in [0.3, 0.4) is 0 Å². The largest absolute Gasteiger partial charge is 0.226 e. The standard InChI is InChI=1S/C5H4Cl2N2.C2H6/c1-3-2-8-5(7)9-4(3)6;1-2/h2H,1H3;1-2H3. The highest BCUT2D eigenvalue weighted by molar-refractivity contribution is 6.32. The van der Waals surface area contributed by atoms with Gasteiger partial charge in [0.2, 0.25) is 5.28 Å². The molecular formula is C7H10Cl2N2. The van der Waals surface area contributed by atoms with Gasteiger partial charge in [-0.05, 0) is 18.5 Å². The van der Waals surface area contributed by atoms with Gasteiger partial charge in [0.25, 0.3) is 0 Å². The summed E-state index contributed by atoms with van der Waals surface area (Å²) < 4.78 is 0. The van der Waals surface area contributed by atoms with Gasteiger partial charge < -0.3 is 0 Å². The van der Waals surface area contributed by atoms with E-state index in [9.17, 15) is 0 Å². The maximum atomic E-state index is 5.58. The lowest BCUT2D eigenvalue weighted by atomic mass is 10.4. The zero-order valence-electron chi connectivity index (χ0n) is 6.73. The molecule has 0 bridgehead atoms. The first kappa shape index (κ1) is 10.7. The summed E-state index contributed by atoms with van der Waals surface area (Å²) in [6, 6.07) is 0. The van der Waals surface area contributed by atoms with Gasteiger partial charge >= 0.3 is 0 Å². The first-order valence-corrected chi connectivity index (χ1v) is 4.10. The summed E-state index contributed by atoms with van der Waals surface area (Å²) in [6.07, 6.45) is 1.58. The van der Waals surface area contributed by atoms with Gasteiger partial charge in [-0.3, -0.25) is 0 Å². The second-order valence-corrected chi connectivity index (χ2v) is 2.31. The minimum atomic E-state index is 0.186. The summed E-state index contributed by atoms with van der Waals surface area (Å²) in [7, 11) is 0. The Kier molecular flexibility index (Phi) is 5.16. The molecule has 0 amide bonds. The molecule has 1 rings (SSSR count). The van der Waals surface area contributed by atoms with Crippen molar-refractivity contribution in [3.05, 3.63) is 22.2 Å². The smallest absolute Gasteiger partial charge is 0.223 e. The lowest BCUT2D eigenvalue weighted by Gasteiger charge is -1.92. The highest BCUT2D eigenvalue weighted by Crippen LogP contribution is 2.11. The van der Waals surface area contributed by atoms with Crippen LogP contribution in [-0.4, -0.2) is 9.97 Å². The Balaban J connectivity index is 0.000000461. The molecule has 0 spiro atoms. The molecule has 0 N–H and O–H groups in total. The van der Waals surface area contributed by atoms with Gasteiger partial charge in [0.15, 0.2) is 0 Å². The number of aromatic nitrogens is 2. The summed E-state index contributed by atoms with van der Waals surface area (Å²) in [5.74, 6) is 0. The second kappa shape index (κ2) is 5.33. The molecule has 0 aliphatic carbocycles. The minimum Gasteiger partial charge on any atom is -0.226 e. The van der Waals surface area contributed by atoms with Crippen molar-refractivity contribution in [2.75, 3.05) is 0 Å². The van der Waals surface area contributed by atoms with Gasteiger partial charge in [-0.25, -0.2) is 9.97 Å². The van der Waals surface area contributed by atoms with Crippen LogP contribution in [0.1, 0.15) is 19.4 Å². The first-order valence-electron chi connectivity index (χ1n) is 3.35. The van der Waals surface area contributed by atoms with Crippen molar-refractivity contribution >= 4 is 23.2 Å². The van der Waals surface area contributed by atoms with E-state index in [4.69, 9.17) is 23.2 Å². The van der Waals surface area contributed by atoms with Crippen LogP contribution >= 0.6 is 23.2 Å². The molecular weight excluding hydrogens is 183 g/mol. The molecule has 1 aromatic heterocycles. The Morgan fingerprint density at radius 2 is 1.82 bits per heavy atom. The molecule has 1 aromatic rings. The van der Waals surface area contributed by atoms with E-state index in [2.05, 4.69) is 9.97 Å². The summed E-state index contributed by atoms with van der Waals surface area (Å²) in [4.78, 5) is 7.40. The fourth-order valence-corrected chi connectivity index (χ4v) is 0.707. The van der Waals surface area contributed by atoms with Crippen molar-refractivity contribution in [2.45, 2.75) is 20.8 Å². The highest BCUT2D eigenvalue weighted by Gasteiger charge is 1.95. The first-order chi connectivity index (χ1) is 5.20. The zero-order valence-corrected chi connectivity index (χ0v) is 8.24. The third-order valence-electron chi connectivity index (χ3n) is 0.881. The van der Waals surface area contributed by atoms with Crippen LogP contribution in [0.15, 0.2) is 6.20 Å². The Hall–Kier alpha value is -0.340. The van der Waals surface area contributed by atoms with Crippen LogP contribution in [-0.2, 0) is 0 Å². The lowest BCUT2D eigenvalue weighted by Crippen LogP contribution is -1.84. The number of aryl methyl sites for hydroxylation is 1. The quantitative estimate of drug-likeness (QED) is 0.467. The van der Waals surface area contributed by atoms with Gasteiger partial charge in [0.05, 0.1) is 0 Å². The van der Waals surface area contributed by atoms with E-state index in [0.29, 0.717) is 5.15 Å². The summed E-state index contributed by atoms with van der Waals surface area (Å²) in [5.41, 5.74) is 0.834. The third kappa shape index (κ3) is 3.54. The van der Waals surface area contributed by atoms with Crippen LogP contribution in [0.2, 0.25) is 10.4 Å². The van der Waals surface area contributed by atoms with E-state index in [1.165, 1.54) is 0 Å². The average molecular weight is 193 g/mol. The summed E-state index contributed by atoms with van der Waals surface area (Å²) in [6.45, 7) is 5.82. The van der Waals surface area contributed by atoms with Gasteiger partial charge in [-0.15, -0.1) is 0 Å². The molecule has 4 heteroatoms. The van der Waals surface area contributed by atoms with Gasteiger partial charge in [-0.1, -0.05) is 25.4 Å². The monoisotopic (exact) mass is 192 g/mol. The average Bonchev–Trinajstić information content (AvgIpc) is 2.02. The van der Waals surface area contributed by atoms with E-state index in [1.807, 2.05) is 20.8 Å². The molecule has 0 unspecified atom stereocenters. The van der Waals surface area contributed by atoms with E-state index in [0.717, 1.165) is 5.56 Å². The number of rotatable bonds is 0. The van der Waals surface area contributed by atoms with Crippen LogP contribution in [0.5, 0.6) is 0 Å². The normalized spacial score (nSPS) is 8.45. The number of halogens is 2. The van der Waals surface area contributed by atoms with Gasteiger partial charge in [0.1, 0.15) is 5.15 Å². The van der Waals surface area contributed by atoms with Crippen LogP contribution in [0.25, 0.3) is 0 Å². The lowest BCUT2D eigenvalue weighted by molar-refractivity contribution is 1.13. The molecule has 0 atom stereocenters. The molecule has 2 nitrogen and oxygen atoms in total. The zero-order chi connectivity index (χ0) is 8.85. The van der Waals surface area contributed by atoms with E-state index in [-0.39, 0.29) is 5.28 Å². The Morgan fingerprint density at radius 3 is 2.18 bits per heavy atom. The van der Waals surface area contributed by atoms with E-state index < -0.39 is 0 Å². The maximum absolute atomic E-state index is 5.58. The van der Waals surface area contributed by atoms with E-state index in [1.54, 1.807) is 6.20 Å². The van der Waals surface area contributed by atoms with Crippen LogP contribution in [0.4, 0.5) is 0 Å². The van der Waals surface area contributed by atoms with Crippen molar-refractivity contribution in [3.8, 4) is 0 Å². The van der Waals surface area contributed by atoms with Crippen molar-refractivity contribution in [3.63, 3.8) is 0 Å². The van der Waals surface area contributed by atoms with Crippen molar-refractivity contribution in [1.29, 1.82) is 0 Å². The third-order valence-corrected chi connectivity index (χ3v) is 1.45. The predicted molar refractivity (Wildman–Crippen MR) is 48.1 cm³/mol. The van der Waals surface area contributed by atoms with Crippen molar-refractivity contribution in [1.82, 2.24) is 9.97 Å². The van der Waals surface area contributed by atoms with Gasteiger partial charge in [-0.2, -0.15) is 0 Å². The topological polar surface area (TPSA) is 25.8 Å². The molecule has 0 fully saturated rings. The molecule has 0 aromatic carbocycles. The molecule has 11 heavy (non-hydrogen) atoms. The van der Waals surface area contributed by atoms with Crippen molar-refractivity contribution < 1.29 is 0 Å². The fraction of sp³-hybridized carbons (Fsp3) is 0.429. The molecule has 0 radical (unpaired) electrons. The SMILES string of the molecule is CC.Cc1cnc(Cl)nc1Cl. The second-order valence-electron chi connectivity index (χ2n) is 1.61. The molecule has 1 heterocycles. The summed E-state index contributed by atoms with van der Waals surface area (Å²) >= 11 is 11.0. The molecule has 0 aliphatic heterocycles. The van der Waals surface area contributed by atoms with Crippen molar-refractivity contribution in [2.24, 2.45) is 0 Å². The number of hydrogen-bond donors (Lipinski definition) is 0. The predicted octanol–water partition coefficient (Wildman–Crippen LogP) is 3.12. The molecule has 0 aliphatic rings. The molecule has 0 saturated carbocycles. The molecule has 62 valence electrons. The van der Waals surface area contributed by atoms with E-state index >= 15 is 0 Å². The Labute approximate surface area is 76.6 Å². The Bertz CT molecular complexity index is 226. The number of hydrogen-bond acceptors (Lipinski definition) is 2. The Morgan fingerprint density at radius 1 is 1.27 bits per heavy atom. The fourth-order valence-electron chi connectivity index (χ4n) is 0.401. The summed E-state index contributed by atoms with van der Waals surface area (Å²) in [5, 5.41) is 0.598. The van der Waals surface area contributed by atoms with Gasteiger partial charge in [0, 0.05) is 11.8 Å². The maximum Gasteiger partial charge on any atom is 0.223 e. The molecule has 0 saturated heterocycles. The van der Waals surface area contributed by atoms with Crippen LogP contribution < -0.4 is 0 Å².